The van der Waals surface area contributed by atoms with Crippen LogP contribution in [0.5, 0.6) is 5.75 Å². The Kier molecular flexibility index (Phi) is 9.39. The fourth-order valence-electron chi connectivity index (χ4n) is 6.87. The highest BCUT2D eigenvalue weighted by atomic mass is 17.2. The van der Waals surface area contributed by atoms with Crippen LogP contribution in [-0.4, -0.2) is 106 Å². The lowest BCUT2D eigenvalue weighted by atomic mass is 9.83. The Balaban J connectivity index is 1.20. The van der Waals surface area contributed by atoms with Crippen molar-refractivity contribution >= 4 is 23.1 Å². The maximum absolute atomic E-state index is 12.7. The van der Waals surface area contributed by atoms with Gasteiger partial charge in [-0.25, -0.2) is 9.78 Å². The van der Waals surface area contributed by atoms with Crippen LogP contribution in [0.4, 0.5) is 0 Å². The third-order valence-corrected chi connectivity index (χ3v) is 9.77. The molecule has 1 aromatic carbocycles. The molecule has 14 nitrogen and oxygen atoms in total. The molecule has 5 heterocycles. The van der Waals surface area contributed by atoms with E-state index in [9.17, 15) is 35.1 Å². The number of aliphatic hydroxyl groups is 5. The molecule has 8 atom stereocenters. The van der Waals surface area contributed by atoms with E-state index in [1.54, 1.807) is 31.3 Å². The van der Waals surface area contributed by atoms with Gasteiger partial charge in [-0.05, 0) is 44.2 Å². The lowest BCUT2D eigenvalue weighted by molar-refractivity contribution is -0.856. The van der Waals surface area contributed by atoms with Gasteiger partial charge in [-0.3, -0.25) is 19.5 Å². The first kappa shape index (κ1) is 33.4. The minimum atomic E-state index is -2.32. The topological polar surface area (TPSA) is 205 Å². The molecule has 1 fully saturated rings. The highest BCUT2D eigenvalue weighted by Gasteiger charge is 2.51. The van der Waals surface area contributed by atoms with Crippen molar-refractivity contribution in [1.29, 1.82) is 0 Å². The van der Waals surface area contributed by atoms with Gasteiger partial charge < -0.3 is 40.0 Å². The normalized spacial score (nSPS) is 28.1. The van der Waals surface area contributed by atoms with Crippen LogP contribution in [0.3, 0.4) is 0 Å². The van der Waals surface area contributed by atoms with Gasteiger partial charge in [-0.1, -0.05) is 0 Å². The van der Waals surface area contributed by atoms with Gasteiger partial charge in [-0.15, -0.1) is 0 Å². The second kappa shape index (κ2) is 13.2. The maximum Gasteiger partial charge on any atom is 0.220 e. The summed E-state index contributed by atoms with van der Waals surface area (Å²) in [6.07, 6.45) is 0.883. The fourth-order valence-corrected chi connectivity index (χ4v) is 6.87. The van der Waals surface area contributed by atoms with E-state index >= 15 is 0 Å². The molecule has 1 amide bonds. The van der Waals surface area contributed by atoms with Gasteiger partial charge in [0.15, 0.2) is 16.7 Å². The minimum absolute atomic E-state index is 0.00226. The number of aryl methyl sites for hydroxylation is 1. The molecular weight excluding hydrogens is 614 g/mol. The van der Waals surface area contributed by atoms with Crippen LogP contribution in [0.2, 0.25) is 0 Å². The number of allylic oxidation sites excluding steroid dienone is 1. The first-order valence-corrected chi connectivity index (χ1v) is 15.9. The first-order valence-electron chi connectivity index (χ1n) is 15.9. The van der Waals surface area contributed by atoms with Gasteiger partial charge in [0.1, 0.15) is 72.5 Å². The van der Waals surface area contributed by atoms with Crippen molar-refractivity contribution in [2.75, 3.05) is 32.8 Å². The van der Waals surface area contributed by atoms with E-state index in [0.29, 0.717) is 65.3 Å². The second-order valence-electron chi connectivity index (χ2n) is 13.2. The molecule has 0 spiro atoms. The zero-order valence-corrected chi connectivity index (χ0v) is 26.3. The number of rotatable bonds is 13. The van der Waals surface area contributed by atoms with Gasteiger partial charge in [0, 0.05) is 49.9 Å². The van der Waals surface area contributed by atoms with Crippen molar-refractivity contribution in [1.82, 2.24) is 5.32 Å². The maximum atomic E-state index is 12.7. The van der Waals surface area contributed by atoms with Gasteiger partial charge in [0.05, 0.1) is 12.0 Å². The predicted octanol–water partition coefficient (Wildman–Crippen LogP) is -1.42. The number of nitrogens with one attached hydrogen (secondary N) is 2. The van der Waals surface area contributed by atoms with E-state index in [-0.39, 0.29) is 30.2 Å². The Morgan fingerprint density at radius 2 is 2.02 bits per heavy atom. The van der Waals surface area contributed by atoms with Crippen molar-refractivity contribution in [2.45, 2.75) is 75.1 Å². The van der Waals surface area contributed by atoms with Crippen LogP contribution in [0, 0.1) is 12.8 Å². The van der Waals surface area contributed by atoms with E-state index < -0.39 is 48.8 Å². The Bertz CT molecular complexity index is 1670. The Hall–Kier alpha value is -3.47. The van der Waals surface area contributed by atoms with Crippen LogP contribution >= 0.6 is 0 Å². The first-order chi connectivity index (χ1) is 22.4. The summed E-state index contributed by atoms with van der Waals surface area (Å²) < 4.78 is 12.3. The summed E-state index contributed by atoms with van der Waals surface area (Å²) in [6.45, 7) is 2.88. The molecule has 14 heteroatoms. The number of fused-ring (bicyclic) bond motifs is 3. The molecule has 0 aliphatic carbocycles. The molecule has 4 aliphatic rings. The molecular formula is C33H42N3O11+. The van der Waals surface area contributed by atoms with Crippen molar-refractivity contribution in [3.8, 4) is 5.75 Å². The number of aliphatic hydroxyl groups excluding tert-OH is 4. The van der Waals surface area contributed by atoms with Gasteiger partial charge in [0.25, 0.3) is 0 Å². The van der Waals surface area contributed by atoms with Crippen LogP contribution in [0.25, 0.3) is 11.0 Å². The number of benzene rings is 1. The number of amides is 1. The molecule has 1 aromatic heterocycles. The smallest absolute Gasteiger partial charge is 0.220 e. The summed E-state index contributed by atoms with van der Waals surface area (Å²) in [7, 11) is 0. The molecule has 7 N–H and O–H groups in total. The molecule has 4 aliphatic heterocycles. The second-order valence-corrected chi connectivity index (χ2v) is 13.2. The molecule has 0 bridgehead atoms. The zero-order valence-electron chi connectivity index (χ0n) is 26.3. The van der Waals surface area contributed by atoms with E-state index in [4.69, 9.17) is 18.9 Å². The number of quaternary nitrogens is 1. The largest absolute Gasteiger partial charge is 0.484 e. The third-order valence-electron chi connectivity index (χ3n) is 9.77. The number of nitrogens with zero attached hydrogens (tertiary/aromatic N) is 1. The highest BCUT2D eigenvalue weighted by molar-refractivity contribution is 5.80. The quantitative estimate of drug-likeness (QED) is 0.0985. The van der Waals surface area contributed by atoms with Crippen molar-refractivity contribution < 1.29 is 54.2 Å². The SMILES string of the molecule is Cc1cc(=O)c2cc3c(cc2o1)OC(C)(CCC1CNC(=O)C1)C(OOCC(O)C(O)(C[NH+]1CC=C2N=CC=C21)C(O)C(O)CO)C3. The standard InChI is InChI=1S/C33H41N3O11/c1-18-9-24(38)21-11-20-12-29(32(2,46-26(20)13-27(21)45-18)6-3-19-10-30(41)35-14-19)47-44-16-28(40)33(43,31(42)25(39)15-37)17-36-8-5-22-23(36)4-7-34-22/h4-5,7,9,11,13,19,25,28-29,31,37,39-40,42-43H,3,6,8,10,12,14-17H2,1-2H3,(H,35,41)/p+1. The molecule has 0 saturated carbocycles. The number of aliphatic imine (C=N–C) groups is 1. The van der Waals surface area contributed by atoms with E-state index in [0.717, 1.165) is 11.4 Å². The molecule has 0 radical (unpaired) electrons. The number of carbonyl (C=O) groups is 1. The Labute approximate surface area is 270 Å². The lowest BCUT2D eigenvalue weighted by Gasteiger charge is -2.42. The van der Waals surface area contributed by atoms with Crippen LogP contribution in [0.1, 0.15) is 37.5 Å². The van der Waals surface area contributed by atoms with Gasteiger partial charge in [-0.2, -0.15) is 0 Å². The zero-order chi connectivity index (χ0) is 33.5. The molecule has 254 valence electrons. The van der Waals surface area contributed by atoms with E-state index in [1.165, 1.54) is 6.07 Å². The van der Waals surface area contributed by atoms with Crippen LogP contribution in [-0.2, 0) is 21.0 Å². The monoisotopic (exact) mass is 656 g/mol. The highest BCUT2D eigenvalue weighted by Crippen LogP contribution is 2.40. The van der Waals surface area contributed by atoms with Crippen LogP contribution in [0.15, 0.2) is 55.9 Å². The summed E-state index contributed by atoms with van der Waals surface area (Å²) in [5, 5.41) is 56.8. The molecule has 6 rings (SSSR count). The van der Waals surface area contributed by atoms with Crippen molar-refractivity contribution in [3.05, 3.63) is 63.3 Å². The average Bonchev–Trinajstić information content (AvgIpc) is 3.77. The van der Waals surface area contributed by atoms with Crippen LogP contribution < -0.4 is 20.4 Å². The number of carbonyl (C=O) groups excluding carboxylic acids is 1. The molecule has 1 saturated heterocycles. The summed E-state index contributed by atoms with van der Waals surface area (Å²) in [6, 6.07) is 4.81. The number of hydrogen-bond acceptors (Lipinski definition) is 12. The predicted molar refractivity (Wildman–Crippen MR) is 167 cm³/mol. The van der Waals surface area contributed by atoms with E-state index in [2.05, 4.69) is 10.3 Å². The van der Waals surface area contributed by atoms with Gasteiger partial charge in [0.2, 0.25) is 5.91 Å². The van der Waals surface area contributed by atoms with Crippen molar-refractivity contribution in [3.63, 3.8) is 0 Å². The Morgan fingerprint density at radius 3 is 2.77 bits per heavy atom. The minimum Gasteiger partial charge on any atom is -0.484 e. The summed E-state index contributed by atoms with van der Waals surface area (Å²) in [5.74, 6) is 1.11. The fraction of sp³-hybridized carbons (Fsp3) is 0.545. The van der Waals surface area contributed by atoms with Gasteiger partial charge >= 0.3 is 0 Å². The summed E-state index contributed by atoms with van der Waals surface area (Å²) >= 11 is 0. The molecule has 2 aromatic rings. The average molecular weight is 657 g/mol. The molecule has 47 heavy (non-hydrogen) atoms. The van der Waals surface area contributed by atoms with Crippen molar-refractivity contribution in [2.24, 2.45) is 10.9 Å². The number of hydrogen-bond donors (Lipinski definition) is 7. The third kappa shape index (κ3) is 6.65. The summed E-state index contributed by atoms with van der Waals surface area (Å²) in [4.78, 5) is 40.9. The molecule has 8 unspecified atom stereocenters. The number of ether oxygens (including phenoxy) is 1. The summed E-state index contributed by atoms with van der Waals surface area (Å²) in [5.41, 5.74) is -0.914. The Morgan fingerprint density at radius 1 is 1.21 bits per heavy atom. The van der Waals surface area contributed by atoms with E-state index in [1.807, 2.05) is 13.0 Å². The lowest BCUT2D eigenvalue weighted by Crippen LogP contribution is -3.11.